The first-order chi connectivity index (χ1) is 13.8. The number of benzene rings is 2. The van der Waals surface area contributed by atoms with Crippen LogP contribution in [0.4, 0.5) is 5.69 Å². The number of ether oxygens (including phenoxy) is 1. The fourth-order valence-corrected chi connectivity index (χ4v) is 5.17. The minimum absolute atomic E-state index is 0.135. The smallest absolute Gasteiger partial charge is 0.241 e. The van der Waals surface area contributed by atoms with Crippen LogP contribution in [0.3, 0.4) is 0 Å². The summed E-state index contributed by atoms with van der Waals surface area (Å²) >= 11 is 0. The monoisotopic (exact) mass is 392 g/mol. The Morgan fingerprint density at radius 2 is 1.66 bits per heavy atom. The maximum Gasteiger partial charge on any atom is 0.241 e. The SMILES string of the molecule is Cc1ccc([C@]2(C)CC(C)(C)N(C(=O)CN3CCOCC3)c3ccccc32)cc1. The van der Waals surface area contributed by atoms with Crippen LogP contribution in [0.5, 0.6) is 0 Å². The summed E-state index contributed by atoms with van der Waals surface area (Å²) in [6, 6.07) is 17.3. The predicted molar refractivity (Wildman–Crippen MR) is 118 cm³/mol. The highest BCUT2D eigenvalue weighted by molar-refractivity contribution is 5.98. The molecule has 1 fully saturated rings. The van der Waals surface area contributed by atoms with Crippen LogP contribution in [0.2, 0.25) is 0 Å². The lowest BCUT2D eigenvalue weighted by atomic mass is 9.65. The summed E-state index contributed by atoms with van der Waals surface area (Å²) in [4.78, 5) is 17.7. The van der Waals surface area contributed by atoms with Crippen LogP contribution in [-0.4, -0.2) is 49.2 Å². The van der Waals surface area contributed by atoms with Crippen molar-refractivity contribution >= 4 is 11.6 Å². The third-order valence-electron chi connectivity index (χ3n) is 6.53. The number of carbonyl (C=O) groups is 1. The number of fused-ring (bicyclic) bond motifs is 1. The second kappa shape index (κ2) is 7.58. The molecule has 0 bridgehead atoms. The number of para-hydroxylation sites is 1. The summed E-state index contributed by atoms with van der Waals surface area (Å²) in [5, 5.41) is 0. The van der Waals surface area contributed by atoms with Gasteiger partial charge in [-0.15, -0.1) is 0 Å². The van der Waals surface area contributed by atoms with Crippen LogP contribution >= 0.6 is 0 Å². The van der Waals surface area contributed by atoms with Gasteiger partial charge in [-0.1, -0.05) is 55.0 Å². The molecule has 0 spiro atoms. The molecule has 4 nitrogen and oxygen atoms in total. The fourth-order valence-electron chi connectivity index (χ4n) is 5.17. The van der Waals surface area contributed by atoms with Gasteiger partial charge in [0.1, 0.15) is 0 Å². The van der Waals surface area contributed by atoms with Gasteiger partial charge in [-0.05, 0) is 44.4 Å². The van der Waals surface area contributed by atoms with Crippen molar-refractivity contribution in [2.45, 2.75) is 45.1 Å². The second-order valence-corrected chi connectivity index (χ2v) is 9.32. The first-order valence-corrected chi connectivity index (χ1v) is 10.6. The van der Waals surface area contributed by atoms with Crippen molar-refractivity contribution < 1.29 is 9.53 Å². The highest BCUT2D eigenvalue weighted by atomic mass is 16.5. The Morgan fingerprint density at radius 3 is 2.34 bits per heavy atom. The highest BCUT2D eigenvalue weighted by Crippen LogP contribution is 2.50. The van der Waals surface area contributed by atoms with Crippen molar-refractivity contribution in [3.05, 3.63) is 65.2 Å². The topological polar surface area (TPSA) is 32.8 Å². The van der Waals surface area contributed by atoms with Gasteiger partial charge in [0.2, 0.25) is 5.91 Å². The average molecular weight is 393 g/mol. The summed E-state index contributed by atoms with van der Waals surface area (Å²) in [7, 11) is 0. The van der Waals surface area contributed by atoms with E-state index < -0.39 is 0 Å². The molecule has 0 radical (unpaired) electrons. The van der Waals surface area contributed by atoms with Crippen molar-refractivity contribution in [1.29, 1.82) is 0 Å². The molecule has 2 heterocycles. The second-order valence-electron chi connectivity index (χ2n) is 9.32. The minimum Gasteiger partial charge on any atom is -0.379 e. The van der Waals surface area contributed by atoms with E-state index in [9.17, 15) is 4.79 Å². The van der Waals surface area contributed by atoms with Crippen LogP contribution in [0.15, 0.2) is 48.5 Å². The molecule has 2 aliphatic rings. The summed E-state index contributed by atoms with van der Waals surface area (Å²) in [6.07, 6.45) is 0.884. The number of anilines is 1. The molecule has 2 aliphatic heterocycles. The molecule has 1 atom stereocenters. The summed E-state index contributed by atoms with van der Waals surface area (Å²) in [5.41, 5.74) is 4.44. The molecule has 154 valence electrons. The van der Waals surface area contributed by atoms with E-state index in [-0.39, 0.29) is 16.9 Å². The Bertz CT molecular complexity index is 884. The molecule has 0 N–H and O–H groups in total. The number of hydrogen-bond donors (Lipinski definition) is 0. The van der Waals surface area contributed by atoms with E-state index in [1.54, 1.807) is 0 Å². The predicted octanol–water partition coefficient (Wildman–Crippen LogP) is 4.15. The number of hydrogen-bond acceptors (Lipinski definition) is 3. The van der Waals surface area contributed by atoms with E-state index in [0.717, 1.165) is 25.2 Å². The summed E-state index contributed by atoms with van der Waals surface area (Å²) in [6.45, 7) is 12.4. The molecule has 0 saturated carbocycles. The van der Waals surface area contributed by atoms with Crippen LogP contribution in [0.25, 0.3) is 0 Å². The van der Waals surface area contributed by atoms with Gasteiger partial charge in [-0.25, -0.2) is 0 Å². The highest BCUT2D eigenvalue weighted by Gasteiger charge is 2.47. The lowest BCUT2D eigenvalue weighted by Crippen LogP contribution is -2.58. The van der Waals surface area contributed by atoms with E-state index in [1.807, 2.05) is 11.0 Å². The Balaban J connectivity index is 1.73. The first kappa shape index (κ1) is 20.1. The van der Waals surface area contributed by atoms with Crippen LogP contribution < -0.4 is 4.90 Å². The van der Waals surface area contributed by atoms with Gasteiger partial charge in [-0.2, -0.15) is 0 Å². The van der Waals surface area contributed by atoms with E-state index in [4.69, 9.17) is 4.74 Å². The maximum atomic E-state index is 13.5. The van der Waals surface area contributed by atoms with Crippen LogP contribution in [0, 0.1) is 6.92 Å². The Labute approximate surface area is 174 Å². The lowest BCUT2D eigenvalue weighted by molar-refractivity contribution is -0.122. The zero-order chi connectivity index (χ0) is 20.6. The largest absolute Gasteiger partial charge is 0.379 e. The maximum absolute atomic E-state index is 13.5. The zero-order valence-electron chi connectivity index (χ0n) is 18.1. The molecule has 1 amide bonds. The van der Waals surface area contributed by atoms with E-state index in [1.165, 1.54) is 16.7 Å². The van der Waals surface area contributed by atoms with Crippen molar-refractivity contribution in [3.63, 3.8) is 0 Å². The lowest BCUT2D eigenvalue weighted by Gasteiger charge is -2.51. The molecule has 1 saturated heterocycles. The Kier molecular flexibility index (Phi) is 5.26. The van der Waals surface area contributed by atoms with Crippen molar-refractivity contribution in [1.82, 2.24) is 4.90 Å². The third-order valence-corrected chi connectivity index (χ3v) is 6.53. The summed E-state index contributed by atoms with van der Waals surface area (Å²) < 4.78 is 5.44. The molecule has 0 aliphatic carbocycles. The van der Waals surface area contributed by atoms with Gasteiger partial charge in [0.05, 0.1) is 19.8 Å². The van der Waals surface area contributed by atoms with Crippen molar-refractivity contribution in [2.75, 3.05) is 37.7 Å². The van der Waals surface area contributed by atoms with E-state index >= 15 is 0 Å². The van der Waals surface area contributed by atoms with Crippen LogP contribution in [0.1, 0.15) is 43.9 Å². The standard InChI is InChI=1S/C25H32N2O2/c1-19-9-11-20(12-10-19)25(4)18-24(2,3)27(22-8-6-5-7-21(22)25)23(28)17-26-13-15-29-16-14-26/h5-12H,13-18H2,1-4H3/t25-/m0/s1. The molecule has 4 heteroatoms. The minimum atomic E-state index is -0.280. The first-order valence-electron chi connectivity index (χ1n) is 10.6. The normalized spacial score (nSPS) is 24.2. The number of amides is 1. The fraction of sp³-hybridized carbons (Fsp3) is 0.480. The number of aryl methyl sites for hydroxylation is 1. The number of morpholine rings is 1. The van der Waals surface area contributed by atoms with Crippen LogP contribution in [-0.2, 0) is 14.9 Å². The molecule has 2 aromatic rings. The Morgan fingerprint density at radius 1 is 1.00 bits per heavy atom. The molecule has 4 rings (SSSR count). The molecule has 2 aromatic carbocycles. The van der Waals surface area contributed by atoms with Gasteiger partial charge in [0.25, 0.3) is 0 Å². The van der Waals surface area contributed by atoms with Gasteiger partial charge >= 0.3 is 0 Å². The Hall–Kier alpha value is -2.17. The van der Waals surface area contributed by atoms with Crippen molar-refractivity contribution in [2.24, 2.45) is 0 Å². The number of nitrogens with zero attached hydrogens (tertiary/aromatic N) is 2. The molecule has 29 heavy (non-hydrogen) atoms. The van der Waals surface area contributed by atoms with E-state index in [0.29, 0.717) is 19.8 Å². The molecular weight excluding hydrogens is 360 g/mol. The molecule has 0 aromatic heterocycles. The quantitative estimate of drug-likeness (QED) is 0.787. The van der Waals surface area contributed by atoms with Gasteiger partial charge < -0.3 is 9.64 Å². The van der Waals surface area contributed by atoms with Gasteiger partial charge in [0, 0.05) is 29.7 Å². The summed E-state index contributed by atoms with van der Waals surface area (Å²) in [5.74, 6) is 0.176. The average Bonchev–Trinajstić information content (AvgIpc) is 2.68. The van der Waals surface area contributed by atoms with Gasteiger partial charge in [-0.3, -0.25) is 9.69 Å². The third kappa shape index (κ3) is 3.72. The molecule has 0 unspecified atom stereocenters. The molecular formula is C25H32N2O2. The van der Waals surface area contributed by atoms with E-state index in [2.05, 4.69) is 75.1 Å². The number of carbonyl (C=O) groups excluding carboxylic acids is 1. The zero-order valence-corrected chi connectivity index (χ0v) is 18.1. The van der Waals surface area contributed by atoms with Gasteiger partial charge in [0.15, 0.2) is 0 Å². The van der Waals surface area contributed by atoms with Crippen molar-refractivity contribution in [3.8, 4) is 0 Å². The number of rotatable bonds is 3.